The molecule has 3 rings (SSSR count). The number of carbonyl (C=O) groups is 4. The third kappa shape index (κ3) is 15.0. The van der Waals surface area contributed by atoms with Gasteiger partial charge in [-0.2, -0.15) is 0 Å². The van der Waals surface area contributed by atoms with Gasteiger partial charge in [-0.25, -0.2) is 9.59 Å². The normalized spacial score (nSPS) is 21.7. The Morgan fingerprint density at radius 1 is 0.885 bits per heavy atom. The number of esters is 1. The number of allylic oxidation sites excluding steroid dienone is 1. The molecule has 0 spiro atoms. The summed E-state index contributed by atoms with van der Waals surface area (Å²) >= 11 is 0. The second kappa shape index (κ2) is 18.7. The molecule has 1 N–H and O–H groups in total. The van der Waals surface area contributed by atoms with Crippen molar-refractivity contribution in [2.24, 2.45) is 4.99 Å². The van der Waals surface area contributed by atoms with Gasteiger partial charge in [0.15, 0.2) is 0 Å². The molecule has 52 heavy (non-hydrogen) atoms. The molecule has 0 aromatic carbocycles. The minimum Gasteiger partial charge on any atom is -0.460 e. The highest BCUT2D eigenvalue weighted by molar-refractivity contribution is 5.99. The van der Waals surface area contributed by atoms with Crippen LogP contribution < -0.4 is 5.32 Å². The van der Waals surface area contributed by atoms with Gasteiger partial charge in [-0.1, -0.05) is 11.6 Å². The van der Waals surface area contributed by atoms with E-state index in [1.54, 1.807) is 41.5 Å². The third-order valence-corrected chi connectivity index (χ3v) is 9.34. The van der Waals surface area contributed by atoms with Crippen molar-refractivity contribution in [3.8, 4) is 0 Å². The van der Waals surface area contributed by atoms with Crippen LogP contribution in [0.4, 0.5) is 9.59 Å². The second-order valence-electron chi connectivity index (χ2n) is 17.5. The molecule has 2 fully saturated rings. The van der Waals surface area contributed by atoms with E-state index in [2.05, 4.69) is 28.2 Å². The molecule has 0 saturated carbocycles. The summed E-state index contributed by atoms with van der Waals surface area (Å²) in [5.41, 5.74) is -0.772. The Morgan fingerprint density at radius 2 is 1.52 bits per heavy atom. The topological polar surface area (TPSA) is 139 Å². The third-order valence-electron chi connectivity index (χ3n) is 9.34. The Labute approximate surface area is 312 Å². The summed E-state index contributed by atoms with van der Waals surface area (Å²) in [5, 5.41) is 2.64. The maximum absolute atomic E-state index is 14.4. The zero-order valence-corrected chi connectivity index (χ0v) is 33.8. The maximum Gasteiger partial charge on any atom is 0.437 e. The molecular formula is C39H67N5O8. The lowest BCUT2D eigenvalue weighted by Crippen LogP contribution is -2.56. The van der Waals surface area contributed by atoms with E-state index in [0.29, 0.717) is 45.5 Å². The first-order valence-electron chi connectivity index (χ1n) is 19.2. The smallest absolute Gasteiger partial charge is 0.437 e. The monoisotopic (exact) mass is 733 g/mol. The van der Waals surface area contributed by atoms with Crippen LogP contribution in [-0.2, 0) is 28.5 Å². The minimum absolute atomic E-state index is 0.00661. The first-order valence-corrected chi connectivity index (χ1v) is 19.2. The second-order valence-corrected chi connectivity index (χ2v) is 17.5. The predicted molar refractivity (Wildman–Crippen MR) is 201 cm³/mol. The standard InChI is InChI=1S/C39H67N5O8/c1-27-15-14-17-29(25-27)42(11)31(26-32(45)50-37(2,3)4)33(46)44-21-13-12-16-28(44)20-24-49-30-18-22-43(23-19-30)34(40-35(47)51-38(5,6)7)41-36(48)52-39(8,9)10/h15,28-31H,12-14,16-26H2,1-11H3,(H,40,41,47,48)/t28-,29?,31-/m0/s1. The van der Waals surface area contributed by atoms with Crippen LogP contribution in [0.25, 0.3) is 0 Å². The lowest BCUT2D eigenvalue weighted by Gasteiger charge is -2.42. The summed E-state index contributed by atoms with van der Waals surface area (Å²) in [4.78, 5) is 62.7. The molecule has 13 heteroatoms. The van der Waals surface area contributed by atoms with Crippen molar-refractivity contribution in [3.05, 3.63) is 11.6 Å². The molecule has 0 bridgehead atoms. The van der Waals surface area contributed by atoms with E-state index in [1.165, 1.54) is 5.57 Å². The van der Waals surface area contributed by atoms with Crippen LogP contribution in [0.15, 0.2) is 16.6 Å². The Bertz CT molecular complexity index is 1290. The van der Waals surface area contributed by atoms with Gasteiger partial charge in [-0.3, -0.25) is 19.8 Å². The van der Waals surface area contributed by atoms with Crippen molar-refractivity contribution in [1.29, 1.82) is 0 Å². The molecule has 3 aliphatic rings. The molecule has 2 heterocycles. The molecule has 0 aromatic rings. The van der Waals surface area contributed by atoms with Gasteiger partial charge in [0.25, 0.3) is 0 Å². The molecule has 2 saturated heterocycles. The van der Waals surface area contributed by atoms with E-state index in [4.69, 9.17) is 18.9 Å². The van der Waals surface area contributed by atoms with Crippen molar-refractivity contribution in [3.63, 3.8) is 0 Å². The van der Waals surface area contributed by atoms with Crippen LogP contribution in [0.3, 0.4) is 0 Å². The number of nitrogens with one attached hydrogen (secondary N) is 1. The molecule has 13 nitrogen and oxygen atoms in total. The highest BCUT2D eigenvalue weighted by atomic mass is 16.6. The van der Waals surface area contributed by atoms with Gasteiger partial charge in [-0.15, -0.1) is 4.99 Å². The van der Waals surface area contributed by atoms with Gasteiger partial charge in [0.05, 0.1) is 18.6 Å². The van der Waals surface area contributed by atoms with E-state index in [0.717, 1.165) is 38.5 Å². The largest absolute Gasteiger partial charge is 0.460 e. The van der Waals surface area contributed by atoms with E-state index in [9.17, 15) is 19.2 Å². The number of rotatable bonds is 9. The molecule has 0 radical (unpaired) electrons. The van der Waals surface area contributed by atoms with Gasteiger partial charge < -0.3 is 28.7 Å². The molecule has 1 aliphatic carbocycles. The van der Waals surface area contributed by atoms with Crippen LogP contribution in [0.1, 0.15) is 133 Å². The molecule has 3 amide bonds. The van der Waals surface area contributed by atoms with Crippen molar-refractivity contribution in [2.75, 3.05) is 33.3 Å². The van der Waals surface area contributed by atoms with E-state index < -0.39 is 35.0 Å². The summed E-state index contributed by atoms with van der Waals surface area (Å²) in [5.74, 6) is -0.277. The average Bonchev–Trinajstić information content (AvgIpc) is 3.00. The van der Waals surface area contributed by atoms with E-state index in [1.807, 2.05) is 37.6 Å². The quantitative estimate of drug-likeness (QED) is 0.0909. The Kier molecular flexibility index (Phi) is 15.6. The number of likely N-dealkylation sites (tertiary alicyclic amines) is 2. The van der Waals surface area contributed by atoms with Crippen LogP contribution >= 0.6 is 0 Å². The zero-order valence-electron chi connectivity index (χ0n) is 33.8. The number of hydrogen-bond donors (Lipinski definition) is 1. The fourth-order valence-corrected chi connectivity index (χ4v) is 6.96. The fourth-order valence-electron chi connectivity index (χ4n) is 6.96. The minimum atomic E-state index is -0.797. The fraction of sp³-hybridized carbons (Fsp3) is 0.821. The van der Waals surface area contributed by atoms with Gasteiger partial charge in [0.1, 0.15) is 16.8 Å². The molecule has 2 aliphatic heterocycles. The number of aliphatic imine (C=N–C) groups is 1. The number of guanidine groups is 1. The molecule has 0 aromatic heterocycles. The predicted octanol–water partition coefficient (Wildman–Crippen LogP) is 6.59. The summed E-state index contributed by atoms with van der Waals surface area (Å²) in [6.45, 7) is 20.4. The zero-order chi connectivity index (χ0) is 38.9. The molecule has 1 unspecified atom stereocenters. The van der Waals surface area contributed by atoms with Gasteiger partial charge >= 0.3 is 18.2 Å². The summed E-state index contributed by atoms with van der Waals surface area (Å²) < 4.78 is 22.8. The van der Waals surface area contributed by atoms with Crippen LogP contribution in [0.5, 0.6) is 0 Å². The van der Waals surface area contributed by atoms with Crippen LogP contribution in [0, 0.1) is 0 Å². The van der Waals surface area contributed by atoms with Gasteiger partial charge in [0.2, 0.25) is 11.9 Å². The first-order chi connectivity index (χ1) is 24.1. The molecule has 296 valence electrons. The van der Waals surface area contributed by atoms with Crippen LogP contribution in [0.2, 0.25) is 0 Å². The SMILES string of the molecule is CC1=CCCC(N(C)[C@@H](CC(=O)OC(C)(C)C)C(=O)N2CCCC[C@H]2CCOC2CCN(C(=NC(=O)OC(C)(C)C)NC(=O)OC(C)(C)C)CC2)C1. The van der Waals surface area contributed by atoms with Crippen molar-refractivity contribution in [2.45, 2.75) is 174 Å². The van der Waals surface area contributed by atoms with Crippen molar-refractivity contribution < 1.29 is 38.1 Å². The number of ether oxygens (including phenoxy) is 4. The Balaban J connectivity index is 1.63. The van der Waals surface area contributed by atoms with Crippen molar-refractivity contribution in [1.82, 2.24) is 20.0 Å². The number of likely N-dealkylation sites (N-methyl/N-ethyl adjacent to an activating group) is 1. The van der Waals surface area contributed by atoms with Gasteiger partial charge in [0, 0.05) is 38.3 Å². The first kappa shape index (κ1) is 43.2. The lowest BCUT2D eigenvalue weighted by molar-refractivity contribution is -0.160. The van der Waals surface area contributed by atoms with E-state index >= 15 is 0 Å². The number of nitrogens with zero attached hydrogens (tertiary/aromatic N) is 4. The Morgan fingerprint density at radius 3 is 2.12 bits per heavy atom. The lowest BCUT2D eigenvalue weighted by atomic mass is 9.92. The number of piperidine rings is 2. The summed E-state index contributed by atoms with van der Waals surface area (Å²) in [7, 11) is 1.98. The van der Waals surface area contributed by atoms with Crippen molar-refractivity contribution >= 4 is 30.0 Å². The highest BCUT2D eigenvalue weighted by Crippen LogP contribution is 2.28. The summed E-state index contributed by atoms with van der Waals surface area (Å²) in [6.07, 6.45) is 8.44. The Hall–Kier alpha value is -3.19. The number of hydrogen-bond acceptors (Lipinski definition) is 9. The number of carbonyl (C=O) groups excluding carboxylic acids is 4. The van der Waals surface area contributed by atoms with Crippen LogP contribution in [-0.4, -0.2) is 119 Å². The van der Waals surface area contributed by atoms with Gasteiger partial charge in [-0.05, 0) is 134 Å². The summed E-state index contributed by atoms with van der Waals surface area (Å²) in [6, 6.07) is -0.384. The average molecular weight is 734 g/mol. The maximum atomic E-state index is 14.4. The number of amides is 3. The molecule has 3 atom stereocenters. The highest BCUT2D eigenvalue weighted by Gasteiger charge is 2.38. The molecular weight excluding hydrogens is 666 g/mol. The number of alkyl carbamates (subject to hydrolysis) is 1. The van der Waals surface area contributed by atoms with E-state index in [-0.39, 0.29) is 42.4 Å².